The molecule has 6 heteroatoms. The predicted molar refractivity (Wildman–Crippen MR) is 65.9 cm³/mol. The van der Waals surface area contributed by atoms with Crippen LogP contribution in [-0.4, -0.2) is 18.9 Å². The van der Waals surface area contributed by atoms with E-state index in [-0.39, 0.29) is 0 Å². The Morgan fingerprint density at radius 2 is 1.75 bits per heavy atom. The van der Waals surface area contributed by atoms with E-state index >= 15 is 0 Å². The second kappa shape index (κ2) is 6.09. The number of hydrogen-bond acceptors (Lipinski definition) is 2. The van der Waals surface area contributed by atoms with Gasteiger partial charge in [-0.3, -0.25) is 5.32 Å². The van der Waals surface area contributed by atoms with Gasteiger partial charge in [-0.15, -0.1) is 0 Å². The fourth-order valence-corrected chi connectivity index (χ4v) is 1.80. The van der Waals surface area contributed by atoms with Gasteiger partial charge in [-0.2, -0.15) is 8.78 Å². The van der Waals surface area contributed by atoms with E-state index in [1.807, 2.05) is 0 Å². The summed E-state index contributed by atoms with van der Waals surface area (Å²) in [6.07, 6.45) is -2.30. The fraction of sp³-hybridized carbons (Fsp3) is 0.286. The molecular formula is C14H13F4NO. The van der Waals surface area contributed by atoms with E-state index in [1.165, 1.54) is 6.26 Å². The summed E-state index contributed by atoms with van der Waals surface area (Å²) < 4.78 is 55.6. The highest BCUT2D eigenvalue weighted by molar-refractivity contribution is 5.26. The number of nitrogens with one attached hydrogen (secondary N) is 1. The lowest BCUT2D eigenvalue weighted by Gasteiger charge is -2.21. The highest BCUT2D eigenvalue weighted by atomic mass is 19.3. The van der Waals surface area contributed by atoms with E-state index in [4.69, 9.17) is 4.42 Å². The molecule has 0 saturated carbocycles. The van der Waals surface area contributed by atoms with Crippen LogP contribution in [0, 0.1) is 0 Å². The first kappa shape index (κ1) is 14.6. The lowest BCUT2D eigenvalue weighted by atomic mass is 10.0. The van der Waals surface area contributed by atoms with Gasteiger partial charge in [0.1, 0.15) is 5.76 Å². The van der Waals surface area contributed by atoms with E-state index in [0.717, 1.165) is 0 Å². The summed E-state index contributed by atoms with van der Waals surface area (Å²) in [4.78, 5) is 0. The van der Waals surface area contributed by atoms with Crippen LogP contribution in [0.5, 0.6) is 0 Å². The van der Waals surface area contributed by atoms with Crippen LogP contribution in [0.4, 0.5) is 17.6 Å². The van der Waals surface area contributed by atoms with Crippen molar-refractivity contribution in [2.45, 2.75) is 18.4 Å². The molecule has 1 aromatic heterocycles. The highest BCUT2D eigenvalue weighted by Crippen LogP contribution is 2.26. The Labute approximate surface area is 113 Å². The quantitative estimate of drug-likeness (QED) is 0.816. The molecule has 1 atom stereocenters. The Balaban J connectivity index is 2.17. The molecule has 0 aliphatic rings. The first-order chi connectivity index (χ1) is 9.50. The first-order valence-corrected chi connectivity index (χ1v) is 5.98. The average Bonchev–Trinajstić information content (AvgIpc) is 2.94. The van der Waals surface area contributed by atoms with Crippen molar-refractivity contribution in [1.29, 1.82) is 0 Å². The van der Waals surface area contributed by atoms with Crippen molar-refractivity contribution < 1.29 is 22.0 Å². The van der Waals surface area contributed by atoms with E-state index in [2.05, 4.69) is 5.32 Å². The summed E-state index contributed by atoms with van der Waals surface area (Å²) in [5.41, 5.74) is 0.660. The zero-order valence-electron chi connectivity index (χ0n) is 10.4. The van der Waals surface area contributed by atoms with E-state index < -0.39 is 24.9 Å². The zero-order chi connectivity index (χ0) is 14.6. The van der Waals surface area contributed by atoms with E-state index in [0.29, 0.717) is 11.3 Å². The van der Waals surface area contributed by atoms with Gasteiger partial charge in [0.2, 0.25) is 0 Å². The molecule has 0 aliphatic carbocycles. The molecule has 108 valence electrons. The molecule has 0 bridgehead atoms. The van der Waals surface area contributed by atoms with Crippen LogP contribution in [0.3, 0.4) is 0 Å². The summed E-state index contributed by atoms with van der Waals surface area (Å²) in [5, 5.41) is 2.44. The molecular weight excluding hydrogens is 274 g/mol. The van der Waals surface area contributed by atoms with Crippen LogP contribution in [0.25, 0.3) is 0 Å². The van der Waals surface area contributed by atoms with Crippen molar-refractivity contribution in [1.82, 2.24) is 5.32 Å². The second-order valence-electron chi connectivity index (χ2n) is 4.30. The molecule has 20 heavy (non-hydrogen) atoms. The SMILES string of the molecule is FC(F)C(F)(F)CNC(c1ccccc1)c1ccco1. The van der Waals surface area contributed by atoms with Crippen molar-refractivity contribution in [2.24, 2.45) is 0 Å². The zero-order valence-corrected chi connectivity index (χ0v) is 10.4. The molecule has 2 nitrogen and oxygen atoms in total. The van der Waals surface area contributed by atoms with Gasteiger partial charge in [0.25, 0.3) is 0 Å². The molecule has 0 spiro atoms. The predicted octanol–water partition coefficient (Wildman–Crippen LogP) is 3.86. The van der Waals surface area contributed by atoms with Gasteiger partial charge in [-0.1, -0.05) is 30.3 Å². The van der Waals surface area contributed by atoms with Crippen molar-refractivity contribution in [3.05, 3.63) is 60.1 Å². The minimum absolute atomic E-state index is 0.390. The van der Waals surface area contributed by atoms with Crippen LogP contribution in [-0.2, 0) is 0 Å². The number of benzene rings is 1. The summed E-state index contributed by atoms with van der Waals surface area (Å²) >= 11 is 0. The maximum Gasteiger partial charge on any atom is 0.319 e. The third-order valence-corrected chi connectivity index (χ3v) is 2.82. The van der Waals surface area contributed by atoms with Gasteiger partial charge in [0.05, 0.1) is 18.8 Å². The Kier molecular flexibility index (Phi) is 4.44. The molecule has 1 heterocycles. The summed E-state index contributed by atoms with van der Waals surface area (Å²) in [7, 11) is 0. The fourth-order valence-electron chi connectivity index (χ4n) is 1.80. The normalized spacial score (nSPS) is 13.7. The van der Waals surface area contributed by atoms with Gasteiger partial charge in [0.15, 0.2) is 0 Å². The van der Waals surface area contributed by atoms with Crippen LogP contribution in [0.15, 0.2) is 53.1 Å². The lowest BCUT2D eigenvalue weighted by Crippen LogP contribution is -2.40. The third-order valence-electron chi connectivity index (χ3n) is 2.82. The van der Waals surface area contributed by atoms with Crippen molar-refractivity contribution >= 4 is 0 Å². The topological polar surface area (TPSA) is 25.2 Å². The Hall–Kier alpha value is -1.82. The molecule has 0 radical (unpaired) electrons. The number of halogens is 4. The lowest BCUT2D eigenvalue weighted by molar-refractivity contribution is -0.126. The third kappa shape index (κ3) is 3.39. The minimum atomic E-state index is -4.08. The van der Waals surface area contributed by atoms with Crippen molar-refractivity contribution in [2.75, 3.05) is 6.54 Å². The van der Waals surface area contributed by atoms with Gasteiger partial charge >= 0.3 is 12.3 Å². The van der Waals surface area contributed by atoms with E-state index in [1.54, 1.807) is 42.5 Å². The van der Waals surface area contributed by atoms with Crippen LogP contribution < -0.4 is 5.32 Å². The maximum atomic E-state index is 13.0. The van der Waals surface area contributed by atoms with Crippen molar-refractivity contribution in [3.63, 3.8) is 0 Å². The molecule has 0 aliphatic heterocycles. The highest BCUT2D eigenvalue weighted by Gasteiger charge is 2.41. The van der Waals surface area contributed by atoms with Crippen molar-refractivity contribution in [3.8, 4) is 0 Å². The molecule has 0 amide bonds. The second-order valence-corrected chi connectivity index (χ2v) is 4.30. The summed E-state index contributed by atoms with van der Waals surface area (Å²) in [6.45, 7) is -1.13. The Morgan fingerprint density at radius 1 is 1.05 bits per heavy atom. The molecule has 0 saturated heterocycles. The smallest absolute Gasteiger partial charge is 0.319 e. The molecule has 1 N–H and O–H groups in total. The van der Waals surface area contributed by atoms with Gasteiger partial charge < -0.3 is 4.42 Å². The standard InChI is InChI=1S/C14H13F4NO/c15-13(16)14(17,18)9-19-12(11-7-4-8-20-11)10-5-2-1-3-6-10/h1-8,12-13,19H,9H2. The van der Waals surface area contributed by atoms with E-state index in [9.17, 15) is 17.6 Å². The largest absolute Gasteiger partial charge is 0.467 e. The Morgan fingerprint density at radius 3 is 2.30 bits per heavy atom. The van der Waals surface area contributed by atoms with Gasteiger partial charge in [0, 0.05) is 0 Å². The molecule has 1 unspecified atom stereocenters. The maximum absolute atomic E-state index is 13.0. The number of alkyl halides is 4. The van der Waals surface area contributed by atoms with Gasteiger partial charge in [-0.25, -0.2) is 8.78 Å². The van der Waals surface area contributed by atoms with Gasteiger partial charge in [-0.05, 0) is 17.7 Å². The molecule has 2 rings (SSSR count). The summed E-state index contributed by atoms with van der Waals surface area (Å²) in [6, 6.07) is 11.2. The van der Waals surface area contributed by atoms with Crippen LogP contribution in [0.1, 0.15) is 17.4 Å². The molecule has 1 aromatic carbocycles. The number of hydrogen-bond donors (Lipinski definition) is 1. The number of furan rings is 1. The van der Waals surface area contributed by atoms with Crippen LogP contribution in [0.2, 0.25) is 0 Å². The first-order valence-electron chi connectivity index (χ1n) is 5.98. The molecule has 2 aromatic rings. The summed E-state index contributed by atoms with van der Waals surface area (Å²) in [5.74, 6) is -3.69. The Bertz CT molecular complexity index is 513. The average molecular weight is 287 g/mol. The monoisotopic (exact) mass is 287 g/mol. The minimum Gasteiger partial charge on any atom is -0.467 e. The van der Waals surface area contributed by atoms with Crippen LogP contribution >= 0.6 is 0 Å². The molecule has 0 fully saturated rings. The number of rotatable bonds is 6.